The lowest BCUT2D eigenvalue weighted by atomic mass is 10.2. The molecule has 1 aliphatic rings. The standard InChI is InChI=1S/C18H23N3O2/c1-14(2)23-12-16-17-11-20(9-6-10-21(17)13-19-16)18(22)15-7-4-3-5-8-15/h3-5,7-8,13-14H,6,9-12H2,1-2H3. The highest BCUT2D eigenvalue weighted by atomic mass is 16.5. The van der Waals surface area contributed by atoms with E-state index >= 15 is 0 Å². The van der Waals surface area contributed by atoms with Crippen LogP contribution in [0.25, 0.3) is 0 Å². The quantitative estimate of drug-likeness (QED) is 0.872. The number of amides is 1. The predicted octanol–water partition coefficient (Wildman–Crippen LogP) is 2.85. The first-order chi connectivity index (χ1) is 11.1. The number of carbonyl (C=O) groups is 1. The summed E-state index contributed by atoms with van der Waals surface area (Å²) in [5, 5.41) is 0. The summed E-state index contributed by atoms with van der Waals surface area (Å²) in [5.41, 5.74) is 2.76. The van der Waals surface area contributed by atoms with Gasteiger partial charge in [-0.05, 0) is 32.4 Å². The van der Waals surface area contributed by atoms with Crippen LogP contribution >= 0.6 is 0 Å². The normalized spacial score (nSPS) is 14.7. The highest BCUT2D eigenvalue weighted by Crippen LogP contribution is 2.19. The monoisotopic (exact) mass is 313 g/mol. The number of nitrogens with zero attached hydrogens (tertiary/aromatic N) is 3. The van der Waals surface area contributed by atoms with E-state index in [2.05, 4.69) is 9.55 Å². The molecule has 0 spiro atoms. The molecule has 0 atom stereocenters. The molecular weight excluding hydrogens is 290 g/mol. The van der Waals surface area contributed by atoms with Crippen molar-refractivity contribution in [1.29, 1.82) is 0 Å². The predicted molar refractivity (Wildman–Crippen MR) is 88.0 cm³/mol. The molecule has 0 saturated heterocycles. The number of ether oxygens (including phenoxy) is 1. The number of carbonyl (C=O) groups excluding carboxylic acids is 1. The fourth-order valence-electron chi connectivity index (χ4n) is 2.82. The van der Waals surface area contributed by atoms with Crippen molar-refractivity contribution < 1.29 is 9.53 Å². The first-order valence-corrected chi connectivity index (χ1v) is 8.14. The zero-order chi connectivity index (χ0) is 16.2. The number of benzene rings is 1. The molecule has 1 amide bonds. The molecule has 0 fully saturated rings. The number of rotatable bonds is 4. The minimum atomic E-state index is 0.0796. The molecule has 1 aromatic heterocycles. The van der Waals surface area contributed by atoms with Crippen LogP contribution in [0.5, 0.6) is 0 Å². The van der Waals surface area contributed by atoms with Crippen molar-refractivity contribution in [2.45, 2.75) is 46.1 Å². The van der Waals surface area contributed by atoms with Gasteiger partial charge < -0.3 is 14.2 Å². The van der Waals surface area contributed by atoms with Gasteiger partial charge >= 0.3 is 0 Å². The molecule has 3 rings (SSSR count). The van der Waals surface area contributed by atoms with E-state index in [0.29, 0.717) is 13.2 Å². The first-order valence-electron chi connectivity index (χ1n) is 8.14. The third kappa shape index (κ3) is 3.62. The Morgan fingerprint density at radius 1 is 1.26 bits per heavy atom. The summed E-state index contributed by atoms with van der Waals surface area (Å²) in [6.07, 6.45) is 2.97. The second-order valence-corrected chi connectivity index (χ2v) is 6.14. The lowest BCUT2D eigenvalue weighted by Crippen LogP contribution is -2.31. The van der Waals surface area contributed by atoms with E-state index in [1.807, 2.05) is 55.4 Å². The van der Waals surface area contributed by atoms with Crippen LogP contribution in [0.1, 0.15) is 42.0 Å². The minimum absolute atomic E-state index is 0.0796. The van der Waals surface area contributed by atoms with Gasteiger partial charge in [0.25, 0.3) is 5.91 Å². The molecule has 1 aromatic carbocycles. The average molecular weight is 313 g/mol. The molecule has 0 unspecified atom stereocenters. The zero-order valence-corrected chi connectivity index (χ0v) is 13.7. The number of aryl methyl sites for hydroxylation is 1. The van der Waals surface area contributed by atoms with Crippen molar-refractivity contribution in [2.24, 2.45) is 0 Å². The van der Waals surface area contributed by atoms with E-state index in [9.17, 15) is 4.79 Å². The lowest BCUT2D eigenvalue weighted by molar-refractivity contribution is 0.0620. The molecule has 0 aliphatic carbocycles. The fourth-order valence-corrected chi connectivity index (χ4v) is 2.82. The van der Waals surface area contributed by atoms with Crippen LogP contribution in [0.15, 0.2) is 36.7 Å². The maximum Gasteiger partial charge on any atom is 0.254 e. The van der Waals surface area contributed by atoms with E-state index in [1.165, 1.54) is 0 Å². The van der Waals surface area contributed by atoms with Crippen LogP contribution in [-0.2, 0) is 24.4 Å². The molecule has 0 bridgehead atoms. The Morgan fingerprint density at radius 2 is 2.04 bits per heavy atom. The summed E-state index contributed by atoms with van der Waals surface area (Å²) < 4.78 is 7.84. The second-order valence-electron chi connectivity index (χ2n) is 6.14. The van der Waals surface area contributed by atoms with E-state index in [-0.39, 0.29) is 12.0 Å². The molecule has 0 N–H and O–H groups in total. The highest BCUT2D eigenvalue weighted by molar-refractivity contribution is 5.94. The van der Waals surface area contributed by atoms with Crippen molar-refractivity contribution in [3.8, 4) is 0 Å². The Labute approximate surface area is 136 Å². The topological polar surface area (TPSA) is 47.4 Å². The fraction of sp³-hybridized carbons (Fsp3) is 0.444. The number of fused-ring (bicyclic) bond motifs is 1. The third-order valence-corrected chi connectivity index (χ3v) is 4.06. The van der Waals surface area contributed by atoms with Crippen LogP contribution < -0.4 is 0 Å². The van der Waals surface area contributed by atoms with E-state index in [4.69, 9.17) is 4.74 Å². The number of imidazole rings is 1. The van der Waals surface area contributed by atoms with Crippen LogP contribution in [0.4, 0.5) is 0 Å². The summed E-state index contributed by atoms with van der Waals surface area (Å²) in [6, 6.07) is 9.46. The highest BCUT2D eigenvalue weighted by Gasteiger charge is 2.23. The minimum Gasteiger partial charge on any atom is -0.372 e. The van der Waals surface area contributed by atoms with Crippen LogP contribution in [-0.4, -0.2) is 33.0 Å². The van der Waals surface area contributed by atoms with E-state index in [0.717, 1.165) is 36.5 Å². The van der Waals surface area contributed by atoms with Gasteiger partial charge in [0.2, 0.25) is 0 Å². The molecule has 2 aromatic rings. The van der Waals surface area contributed by atoms with Crippen molar-refractivity contribution in [2.75, 3.05) is 6.54 Å². The maximum atomic E-state index is 12.7. The van der Waals surface area contributed by atoms with Crippen LogP contribution in [0, 0.1) is 0 Å². The van der Waals surface area contributed by atoms with Gasteiger partial charge in [-0.2, -0.15) is 0 Å². The second kappa shape index (κ2) is 6.96. The summed E-state index contributed by atoms with van der Waals surface area (Å²) in [7, 11) is 0. The summed E-state index contributed by atoms with van der Waals surface area (Å²) in [4.78, 5) is 19.1. The molecule has 2 heterocycles. The zero-order valence-electron chi connectivity index (χ0n) is 13.7. The molecule has 23 heavy (non-hydrogen) atoms. The summed E-state index contributed by atoms with van der Waals surface area (Å²) in [5.74, 6) is 0.0796. The smallest absolute Gasteiger partial charge is 0.254 e. The molecule has 1 aliphatic heterocycles. The lowest BCUT2D eigenvalue weighted by Gasteiger charge is -2.21. The molecule has 122 valence electrons. The molecular formula is C18H23N3O2. The number of hydrogen-bond donors (Lipinski definition) is 0. The van der Waals surface area contributed by atoms with Crippen molar-refractivity contribution in [3.05, 3.63) is 53.6 Å². The van der Waals surface area contributed by atoms with Gasteiger partial charge in [0.1, 0.15) is 0 Å². The number of aromatic nitrogens is 2. The number of hydrogen-bond acceptors (Lipinski definition) is 3. The Balaban J connectivity index is 1.79. The SMILES string of the molecule is CC(C)OCc1ncn2c1CN(C(=O)c1ccccc1)CCC2. The average Bonchev–Trinajstić information content (AvgIpc) is 2.81. The van der Waals surface area contributed by atoms with Crippen molar-refractivity contribution in [1.82, 2.24) is 14.5 Å². The van der Waals surface area contributed by atoms with Gasteiger partial charge in [-0.25, -0.2) is 4.98 Å². The molecule has 0 saturated carbocycles. The van der Waals surface area contributed by atoms with Gasteiger partial charge in [0.05, 0.1) is 37.0 Å². The van der Waals surface area contributed by atoms with E-state index in [1.54, 1.807) is 0 Å². The third-order valence-electron chi connectivity index (χ3n) is 4.06. The van der Waals surface area contributed by atoms with Gasteiger partial charge in [0, 0.05) is 18.7 Å². The van der Waals surface area contributed by atoms with Gasteiger partial charge in [-0.3, -0.25) is 4.79 Å². The largest absolute Gasteiger partial charge is 0.372 e. The van der Waals surface area contributed by atoms with Crippen molar-refractivity contribution in [3.63, 3.8) is 0 Å². The van der Waals surface area contributed by atoms with Gasteiger partial charge in [-0.1, -0.05) is 18.2 Å². The molecule has 5 heteroatoms. The van der Waals surface area contributed by atoms with Gasteiger partial charge in [0.15, 0.2) is 0 Å². The van der Waals surface area contributed by atoms with Gasteiger partial charge in [-0.15, -0.1) is 0 Å². The van der Waals surface area contributed by atoms with Crippen LogP contribution in [0.2, 0.25) is 0 Å². The molecule has 5 nitrogen and oxygen atoms in total. The Bertz CT molecular complexity index is 664. The summed E-state index contributed by atoms with van der Waals surface area (Å²) >= 11 is 0. The first kappa shape index (κ1) is 15.7. The summed E-state index contributed by atoms with van der Waals surface area (Å²) in [6.45, 7) is 6.76. The Kier molecular flexibility index (Phi) is 4.76. The Morgan fingerprint density at radius 3 is 2.78 bits per heavy atom. The maximum absolute atomic E-state index is 12.7. The van der Waals surface area contributed by atoms with Crippen LogP contribution in [0.3, 0.4) is 0 Å². The van der Waals surface area contributed by atoms with E-state index < -0.39 is 0 Å². The molecule has 0 radical (unpaired) electrons. The van der Waals surface area contributed by atoms with Crippen molar-refractivity contribution >= 4 is 5.91 Å². The Hall–Kier alpha value is -2.14.